The number of rotatable bonds is 4. The number of halogens is 2. The van der Waals surface area contributed by atoms with Crippen molar-refractivity contribution in [3.63, 3.8) is 0 Å². The summed E-state index contributed by atoms with van der Waals surface area (Å²) in [7, 11) is 0. The minimum absolute atomic E-state index is 0.254. The van der Waals surface area contributed by atoms with Crippen molar-refractivity contribution in [1.82, 2.24) is 0 Å². The zero-order chi connectivity index (χ0) is 28.2. The number of benzene rings is 8. The number of hydrogen-bond donors (Lipinski definition) is 0. The highest BCUT2D eigenvalue weighted by Crippen LogP contribution is 2.48. The van der Waals surface area contributed by atoms with Crippen LogP contribution in [-0.2, 0) is 0 Å². The van der Waals surface area contributed by atoms with Gasteiger partial charge in [0, 0.05) is 0 Å². The van der Waals surface area contributed by atoms with Gasteiger partial charge in [-0.3, -0.25) is 0 Å². The lowest BCUT2D eigenvalue weighted by Crippen LogP contribution is -1.94. The summed E-state index contributed by atoms with van der Waals surface area (Å²) >= 11 is 0. The van der Waals surface area contributed by atoms with Gasteiger partial charge in [-0.05, 0) is 113 Å². The molecule has 0 aliphatic rings. The first-order valence-electron chi connectivity index (χ1n) is 14.1. The van der Waals surface area contributed by atoms with E-state index in [-0.39, 0.29) is 11.6 Å². The Morgan fingerprint density at radius 1 is 0.286 bits per heavy atom. The van der Waals surface area contributed by atoms with Gasteiger partial charge in [-0.15, -0.1) is 0 Å². The summed E-state index contributed by atoms with van der Waals surface area (Å²) in [6, 6.07) is 47.7. The normalized spacial score (nSPS) is 11.6. The van der Waals surface area contributed by atoms with Crippen molar-refractivity contribution in [3.05, 3.63) is 157 Å². The van der Waals surface area contributed by atoms with Gasteiger partial charge in [-0.2, -0.15) is 0 Å². The molecule has 2 heteroatoms. The molecule has 198 valence electrons. The molecule has 0 nitrogen and oxygen atoms in total. The van der Waals surface area contributed by atoms with Crippen molar-refractivity contribution >= 4 is 32.3 Å². The standard InChI is InChI=1S/C40H24F2/c41-29-15-11-27(12-16-29)37-23-35(25-7-3-1-4-8-25)31-19-21-34-38(28-13-17-30(42)18-14-28)24-36(26-9-5-2-6-10-26)32-20-22-33(37)39(31)40(32)34/h1-24H. The molecule has 0 saturated heterocycles. The van der Waals surface area contributed by atoms with Crippen LogP contribution in [-0.4, -0.2) is 0 Å². The lowest BCUT2D eigenvalue weighted by molar-refractivity contribution is 0.627. The zero-order valence-electron chi connectivity index (χ0n) is 22.6. The SMILES string of the molecule is Fc1ccc(-c2cc(-c3ccccc3)c3ccc4c(-c5ccc(F)cc5)cc(-c5ccccc5)c5ccc2c3c54)cc1. The highest BCUT2D eigenvalue weighted by molar-refractivity contribution is 6.31. The first-order valence-corrected chi connectivity index (χ1v) is 14.1. The van der Waals surface area contributed by atoms with E-state index >= 15 is 0 Å². The molecular weight excluding hydrogens is 518 g/mol. The van der Waals surface area contributed by atoms with E-state index < -0.39 is 0 Å². The summed E-state index contributed by atoms with van der Waals surface area (Å²) in [5.41, 5.74) is 8.56. The fourth-order valence-electron chi connectivity index (χ4n) is 6.44. The van der Waals surface area contributed by atoms with Gasteiger partial charge in [0.2, 0.25) is 0 Å². The summed E-state index contributed by atoms with van der Waals surface area (Å²) in [5.74, 6) is -0.507. The summed E-state index contributed by atoms with van der Waals surface area (Å²) in [4.78, 5) is 0. The fourth-order valence-corrected chi connectivity index (χ4v) is 6.44. The van der Waals surface area contributed by atoms with E-state index in [1.807, 2.05) is 36.4 Å². The Kier molecular flexibility index (Phi) is 5.61. The van der Waals surface area contributed by atoms with Gasteiger partial charge in [0.15, 0.2) is 0 Å². The molecule has 8 aromatic rings. The summed E-state index contributed by atoms with van der Waals surface area (Å²) < 4.78 is 28.0. The highest BCUT2D eigenvalue weighted by Gasteiger charge is 2.20. The number of hydrogen-bond acceptors (Lipinski definition) is 0. The Labute approximate surface area is 242 Å². The average molecular weight is 543 g/mol. The van der Waals surface area contributed by atoms with Crippen LogP contribution >= 0.6 is 0 Å². The molecule has 8 rings (SSSR count). The van der Waals surface area contributed by atoms with Crippen molar-refractivity contribution in [2.24, 2.45) is 0 Å². The summed E-state index contributed by atoms with van der Waals surface area (Å²) in [6.45, 7) is 0. The molecule has 0 atom stereocenters. The molecule has 8 aromatic carbocycles. The molecule has 0 saturated carbocycles. The van der Waals surface area contributed by atoms with Crippen LogP contribution in [0, 0.1) is 11.6 Å². The van der Waals surface area contributed by atoms with Gasteiger partial charge in [-0.25, -0.2) is 8.78 Å². The molecular formula is C40H24F2. The van der Waals surface area contributed by atoms with Gasteiger partial charge in [0.05, 0.1) is 0 Å². The van der Waals surface area contributed by atoms with Crippen LogP contribution < -0.4 is 0 Å². The predicted octanol–water partition coefficient (Wildman–Crippen LogP) is 11.5. The van der Waals surface area contributed by atoms with E-state index in [9.17, 15) is 8.78 Å². The molecule has 0 bridgehead atoms. The van der Waals surface area contributed by atoms with Crippen LogP contribution in [0.5, 0.6) is 0 Å². The van der Waals surface area contributed by atoms with E-state index in [2.05, 4.69) is 84.9 Å². The maximum atomic E-state index is 14.0. The fraction of sp³-hybridized carbons (Fsp3) is 0. The van der Waals surface area contributed by atoms with Crippen molar-refractivity contribution in [1.29, 1.82) is 0 Å². The molecule has 0 heterocycles. The third kappa shape index (κ3) is 3.88. The monoisotopic (exact) mass is 542 g/mol. The molecule has 42 heavy (non-hydrogen) atoms. The van der Waals surface area contributed by atoms with Crippen molar-refractivity contribution in [2.45, 2.75) is 0 Å². The van der Waals surface area contributed by atoms with Gasteiger partial charge in [-0.1, -0.05) is 109 Å². The maximum absolute atomic E-state index is 14.0. The van der Waals surface area contributed by atoms with Gasteiger partial charge >= 0.3 is 0 Å². The van der Waals surface area contributed by atoms with Crippen molar-refractivity contribution in [3.8, 4) is 44.5 Å². The zero-order valence-corrected chi connectivity index (χ0v) is 22.6. The third-order valence-electron chi connectivity index (χ3n) is 8.38. The quantitative estimate of drug-likeness (QED) is 0.194. The van der Waals surface area contributed by atoms with E-state index in [0.29, 0.717) is 0 Å². The van der Waals surface area contributed by atoms with Crippen LogP contribution in [0.1, 0.15) is 0 Å². The predicted molar refractivity (Wildman–Crippen MR) is 172 cm³/mol. The molecule has 0 aromatic heterocycles. The van der Waals surface area contributed by atoms with Crippen molar-refractivity contribution in [2.75, 3.05) is 0 Å². The Morgan fingerprint density at radius 3 is 0.881 bits per heavy atom. The van der Waals surface area contributed by atoms with Gasteiger partial charge in [0.25, 0.3) is 0 Å². The van der Waals surface area contributed by atoms with Gasteiger partial charge in [0.1, 0.15) is 11.6 Å². The van der Waals surface area contributed by atoms with E-state index in [1.54, 1.807) is 0 Å². The lowest BCUT2D eigenvalue weighted by Gasteiger charge is -2.21. The molecule has 0 aliphatic heterocycles. The lowest BCUT2D eigenvalue weighted by atomic mass is 9.82. The summed E-state index contributed by atoms with van der Waals surface area (Å²) in [6.07, 6.45) is 0. The second kappa shape index (κ2) is 9.64. The molecule has 0 amide bonds. The van der Waals surface area contributed by atoms with E-state index in [0.717, 1.165) is 66.1 Å². The molecule has 0 unspecified atom stereocenters. The Morgan fingerprint density at radius 2 is 0.571 bits per heavy atom. The van der Waals surface area contributed by atoms with Crippen LogP contribution in [0.25, 0.3) is 76.8 Å². The van der Waals surface area contributed by atoms with Crippen LogP contribution in [0.4, 0.5) is 8.78 Å². The van der Waals surface area contributed by atoms with Crippen LogP contribution in [0.15, 0.2) is 146 Å². The highest BCUT2D eigenvalue weighted by atomic mass is 19.1. The maximum Gasteiger partial charge on any atom is 0.123 e. The second-order valence-corrected chi connectivity index (χ2v) is 10.8. The molecule has 0 radical (unpaired) electrons. The minimum atomic E-state index is -0.254. The van der Waals surface area contributed by atoms with Crippen LogP contribution in [0.3, 0.4) is 0 Å². The van der Waals surface area contributed by atoms with Crippen LogP contribution in [0.2, 0.25) is 0 Å². The van der Waals surface area contributed by atoms with E-state index in [4.69, 9.17) is 0 Å². The first kappa shape index (κ1) is 24.5. The minimum Gasteiger partial charge on any atom is -0.207 e. The molecule has 0 aliphatic carbocycles. The van der Waals surface area contributed by atoms with Crippen molar-refractivity contribution < 1.29 is 8.78 Å². The Balaban J connectivity index is 1.57. The summed E-state index contributed by atoms with van der Waals surface area (Å²) in [5, 5.41) is 6.90. The van der Waals surface area contributed by atoms with Gasteiger partial charge < -0.3 is 0 Å². The molecule has 0 N–H and O–H groups in total. The smallest absolute Gasteiger partial charge is 0.123 e. The topological polar surface area (TPSA) is 0 Å². The largest absolute Gasteiger partial charge is 0.207 e. The van der Waals surface area contributed by atoms with E-state index in [1.165, 1.54) is 35.0 Å². The Bertz CT molecular complexity index is 2050. The second-order valence-electron chi connectivity index (χ2n) is 10.8. The Hall–Kier alpha value is -5.34. The molecule has 0 fully saturated rings. The first-order chi connectivity index (χ1) is 20.7. The third-order valence-corrected chi connectivity index (χ3v) is 8.38. The average Bonchev–Trinajstić information content (AvgIpc) is 3.05. The molecule has 0 spiro atoms.